The van der Waals surface area contributed by atoms with Crippen molar-refractivity contribution in [3.05, 3.63) is 53.9 Å². The van der Waals surface area contributed by atoms with E-state index in [9.17, 15) is 4.79 Å². The number of benzene rings is 1. The summed E-state index contributed by atoms with van der Waals surface area (Å²) in [6.07, 6.45) is 4.32. The van der Waals surface area contributed by atoms with Crippen molar-refractivity contribution in [1.29, 1.82) is 0 Å². The zero-order valence-electron chi connectivity index (χ0n) is 16.6. The minimum absolute atomic E-state index is 0.0574. The Morgan fingerprint density at radius 2 is 1.93 bits per heavy atom. The van der Waals surface area contributed by atoms with Crippen LogP contribution in [0, 0.1) is 0 Å². The van der Waals surface area contributed by atoms with Crippen molar-refractivity contribution in [3.63, 3.8) is 0 Å². The molecule has 1 aromatic carbocycles. The molecule has 0 radical (unpaired) electrons. The zero-order valence-corrected chi connectivity index (χ0v) is 16.6. The zero-order chi connectivity index (χ0) is 19.3. The van der Waals surface area contributed by atoms with Crippen LogP contribution in [0.5, 0.6) is 0 Å². The normalized spacial score (nSPS) is 21.1. The van der Waals surface area contributed by atoms with E-state index in [1.807, 2.05) is 12.1 Å². The lowest BCUT2D eigenvalue weighted by atomic mass is 10.1. The van der Waals surface area contributed by atoms with Gasteiger partial charge in [-0.05, 0) is 49.2 Å². The molecule has 3 heterocycles. The van der Waals surface area contributed by atoms with Crippen LogP contribution in [-0.4, -0.2) is 59.7 Å². The van der Waals surface area contributed by atoms with E-state index >= 15 is 0 Å². The number of carbonyl (C=O) groups is 1. The number of hydrogen-bond donors (Lipinski definition) is 1. The maximum atomic E-state index is 12.6. The van der Waals surface area contributed by atoms with Crippen LogP contribution < -0.4 is 5.32 Å². The Bertz CT molecular complexity index is 780. The molecule has 150 valence electrons. The number of ether oxygens (including phenoxy) is 1. The summed E-state index contributed by atoms with van der Waals surface area (Å²) in [6, 6.07) is 12.8. The van der Waals surface area contributed by atoms with Crippen LogP contribution in [-0.2, 0) is 23.1 Å². The maximum Gasteiger partial charge on any atom is 0.238 e. The number of hydrogen-bond acceptors (Lipinski definition) is 4. The average molecular weight is 383 g/mol. The summed E-state index contributed by atoms with van der Waals surface area (Å²) in [7, 11) is 2.07. The molecular formula is C22H30N4O2. The van der Waals surface area contributed by atoms with Gasteiger partial charge in [0.15, 0.2) is 0 Å². The molecule has 28 heavy (non-hydrogen) atoms. The lowest BCUT2D eigenvalue weighted by molar-refractivity contribution is -0.117. The number of amides is 1. The first-order chi connectivity index (χ1) is 13.7. The summed E-state index contributed by atoms with van der Waals surface area (Å²) < 4.78 is 7.56. The van der Waals surface area contributed by atoms with Crippen LogP contribution >= 0.6 is 0 Å². The van der Waals surface area contributed by atoms with Gasteiger partial charge in [0.05, 0.1) is 25.8 Å². The highest BCUT2D eigenvalue weighted by Crippen LogP contribution is 2.31. The van der Waals surface area contributed by atoms with Crippen LogP contribution in [0.25, 0.3) is 0 Å². The molecule has 0 aliphatic carbocycles. The number of likely N-dealkylation sites (tertiary alicyclic amines) is 1. The van der Waals surface area contributed by atoms with E-state index in [0.29, 0.717) is 12.6 Å². The molecule has 2 aliphatic heterocycles. The minimum Gasteiger partial charge on any atom is -0.379 e. The fourth-order valence-corrected chi connectivity index (χ4v) is 4.27. The van der Waals surface area contributed by atoms with Gasteiger partial charge >= 0.3 is 0 Å². The third-order valence-electron chi connectivity index (χ3n) is 5.78. The Morgan fingerprint density at radius 3 is 2.64 bits per heavy atom. The second kappa shape index (κ2) is 8.90. The van der Waals surface area contributed by atoms with Gasteiger partial charge < -0.3 is 14.6 Å². The van der Waals surface area contributed by atoms with Gasteiger partial charge in [0, 0.05) is 44.3 Å². The molecule has 0 bridgehead atoms. The average Bonchev–Trinajstić information content (AvgIpc) is 3.32. The van der Waals surface area contributed by atoms with Crippen LogP contribution in [0.4, 0.5) is 5.69 Å². The first kappa shape index (κ1) is 19.2. The molecular weight excluding hydrogens is 352 g/mol. The predicted molar refractivity (Wildman–Crippen MR) is 110 cm³/mol. The molecule has 1 aromatic heterocycles. The predicted octanol–water partition coefficient (Wildman–Crippen LogP) is 2.63. The fourth-order valence-electron chi connectivity index (χ4n) is 4.27. The third kappa shape index (κ3) is 4.63. The molecule has 4 rings (SSSR count). The van der Waals surface area contributed by atoms with Gasteiger partial charge in [-0.25, -0.2) is 0 Å². The molecule has 1 amide bonds. The molecule has 2 fully saturated rings. The molecule has 2 saturated heterocycles. The largest absolute Gasteiger partial charge is 0.379 e. The molecule has 1 atom stereocenters. The van der Waals surface area contributed by atoms with Crippen LogP contribution in [0.1, 0.15) is 30.1 Å². The Kier molecular flexibility index (Phi) is 6.10. The van der Waals surface area contributed by atoms with E-state index < -0.39 is 0 Å². The summed E-state index contributed by atoms with van der Waals surface area (Å²) in [5.74, 6) is 0.0574. The number of carbonyl (C=O) groups excluding carboxylic acids is 1. The van der Waals surface area contributed by atoms with Gasteiger partial charge in [-0.15, -0.1) is 0 Å². The second-order valence-corrected chi connectivity index (χ2v) is 7.81. The number of nitrogens with one attached hydrogen (secondary N) is 1. The van der Waals surface area contributed by atoms with Crippen LogP contribution in [0.15, 0.2) is 42.6 Å². The highest BCUT2D eigenvalue weighted by molar-refractivity contribution is 5.92. The van der Waals surface area contributed by atoms with E-state index in [2.05, 4.69) is 57.2 Å². The Balaban J connectivity index is 1.30. The number of anilines is 1. The van der Waals surface area contributed by atoms with Gasteiger partial charge in [0.2, 0.25) is 5.91 Å². The maximum absolute atomic E-state index is 12.6. The van der Waals surface area contributed by atoms with Crippen molar-refractivity contribution in [3.8, 4) is 0 Å². The summed E-state index contributed by atoms with van der Waals surface area (Å²) in [6.45, 7) is 5.94. The van der Waals surface area contributed by atoms with Crippen molar-refractivity contribution in [2.75, 3.05) is 44.7 Å². The Labute approximate surface area is 167 Å². The van der Waals surface area contributed by atoms with Crippen molar-refractivity contribution < 1.29 is 9.53 Å². The van der Waals surface area contributed by atoms with Gasteiger partial charge in [0.25, 0.3) is 0 Å². The van der Waals surface area contributed by atoms with Gasteiger partial charge in [-0.2, -0.15) is 0 Å². The van der Waals surface area contributed by atoms with E-state index in [0.717, 1.165) is 57.9 Å². The van der Waals surface area contributed by atoms with E-state index in [1.54, 1.807) is 0 Å². The van der Waals surface area contributed by atoms with Crippen molar-refractivity contribution >= 4 is 11.6 Å². The number of aryl methyl sites for hydroxylation is 1. The van der Waals surface area contributed by atoms with Crippen LogP contribution in [0.2, 0.25) is 0 Å². The van der Waals surface area contributed by atoms with Gasteiger partial charge in [-0.3, -0.25) is 14.6 Å². The summed E-state index contributed by atoms with van der Waals surface area (Å²) in [5.41, 5.74) is 3.42. The fraction of sp³-hybridized carbons (Fsp3) is 0.500. The SMILES string of the molecule is Cn1cccc1[C@@H]1CCCN1CC(=O)Nc1ccc(CN2CCOCC2)cc1. The van der Waals surface area contributed by atoms with Crippen molar-refractivity contribution in [2.24, 2.45) is 7.05 Å². The molecule has 2 aromatic rings. The molecule has 2 aliphatic rings. The van der Waals surface area contributed by atoms with Crippen molar-refractivity contribution in [1.82, 2.24) is 14.4 Å². The van der Waals surface area contributed by atoms with E-state index in [4.69, 9.17) is 4.74 Å². The molecule has 0 spiro atoms. The first-order valence-electron chi connectivity index (χ1n) is 10.2. The summed E-state index contributed by atoms with van der Waals surface area (Å²) >= 11 is 0. The van der Waals surface area contributed by atoms with Gasteiger partial charge in [0.1, 0.15) is 0 Å². The Hall–Kier alpha value is -2.15. The quantitative estimate of drug-likeness (QED) is 0.835. The summed E-state index contributed by atoms with van der Waals surface area (Å²) in [5, 5.41) is 3.06. The standard InChI is InChI=1S/C22H30N4O2/c1-24-10-2-4-20(24)21-5-3-11-26(21)17-22(27)23-19-8-6-18(7-9-19)16-25-12-14-28-15-13-25/h2,4,6-10,21H,3,5,11-17H2,1H3,(H,23,27)/t21-/m0/s1. The topological polar surface area (TPSA) is 49.7 Å². The number of nitrogens with zero attached hydrogens (tertiary/aromatic N) is 3. The molecule has 6 heteroatoms. The van der Waals surface area contributed by atoms with Crippen LogP contribution in [0.3, 0.4) is 0 Å². The van der Waals surface area contributed by atoms with E-state index in [-0.39, 0.29) is 5.91 Å². The molecule has 0 saturated carbocycles. The Morgan fingerprint density at radius 1 is 1.14 bits per heavy atom. The molecule has 6 nitrogen and oxygen atoms in total. The first-order valence-corrected chi connectivity index (χ1v) is 10.2. The molecule has 0 unspecified atom stereocenters. The smallest absolute Gasteiger partial charge is 0.238 e. The van der Waals surface area contributed by atoms with Crippen molar-refractivity contribution in [2.45, 2.75) is 25.4 Å². The summed E-state index contributed by atoms with van der Waals surface area (Å²) in [4.78, 5) is 17.3. The lowest BCUT2D eigenvalue weighted by Gasteiger charge is -2.26. The number of morpholine rings is 1. The minimum atomic E-state index is 0.0574. The lowest BCUT2D eigenvalue weighted by Crippen LogP contribution is -2.35. The van der Waals surface area contributed by atoms with Gasteiger partial charge in [-0.1, -0.05) is 12.1 Å². The monoisotopic (exact) mass is 382 g/mol. The number of aromatic nitrogens is 1. The molecule has 1 N–H and O–H groups in total. The highest BCUT2D eigenvalue weighted by atomic mass is 16.5. The highest BCUT2D eigenvalue weighted by Gasteiger charge is 2.28. The van der Waals surface area contributed by atoms with E-state index in [1.165, 1.54) is 11.3 Å². The number of rotatable bonds is 6. The second-order valence-electron chi connectivity index (χ2n) is 7.81. The third-order valence-corrected chi connectivity index (χ3v) is 5.78.